The summed E-state index contributed by atoms with van der Waals surface area (Å²) >= 11 is 6.51. The Morgan fingerprint density at radius 2 is 1.82 bits per heavy atom. The second-order valence-corrected chi connectivity index (χ2v) is 6.73. The van der Waals surface area contributed by atoms with Crippen LogP contribution in [0.2, 0.25) is 0 Å². The highest BCUT2D eigenvalue weighted by Gasteiger charge is 2.29. The van der Waals surface area contributed by atoms with Gasteiger partial charge < -0.3 is 0 Å². The molecule has 1 aliphatic heterocycles. The van der Waals surface area contributed by atoms with Crippen molar-refractivity contribution in [3.63, 3.8) is 0 Å². The Hall–Kier alpha value is -1.39. The maximum Gasteiger partial charge on any atom is 0.153 e. The minimum Gasteiger partial charge on any atom is -0.290 e. The normalized spacial score (nSPS) is 19.5. The minimum atomic E-state index is -1.40. The van der Waals surface area contributed by atoms with Crippen LogP contribution in [0.15, 0.2) is 41.3 Å². The Morgan fingerprint density at radius 3 is 2.50 bits per heavy atom. The highest BCUT2D eigenvalue weighted by atomic mass is 35.5. The lowest BCUT2D eigenvalue weighted by Gasteiger charge is -2.18. The molecule has 22 heavy (non-hydrogen) atoms. The van der Waals surface area contributed by atoms with Gasteiger partial charge in [-0.05, 0) is 41.8 Å². The first-order valence-electron chi connectivity index (χ1n) is 7.19. The minimum absolute atomic E-state index is 0.326. The number of benzene rings is 2. The Bertz CT molecular complexity index is 720. The predicted octanol–water partition coefficient (Wildman–Crippen LogP) is 4.96. The fourth-order valence-corrected chi connectivity index (χ4v) is 4.14. The lowest BCUT2D eigenvalue weighted by Crippen LogP contribution is -2.20. The highest BCUT2D eigenvalue weighted by Crippen LogP contribution is 2.42. The smallest absolute Gasteiger partial charge is 0.153 e. The van der Waals surface area contributed by atoms with Gasteiger partial charge in [-0.15, -0.1) is 11.6 Å². The molecule has 0 aromatic heterocycles. The molecule has 2 unspecified atom stereocenters. The summed E-state index contributed by atoms with van der Waals surface area (Å²) in [6.45, 7) is 5.66. The lowest BCUT2D eigenvalue weighted by atomic mass is 10.0. The largest absolute Gasteiger partial charge is 0.290 e. The molecule has 0 amide bonds. The van der Waals surface area contributed by atoms with Gasteiger partial charge in [-0.1, -0.05) is 32.0 Å². The predicted molar refractivity (Wildman–Crippen MR) is 91.4 cm³/mol. The van der Waals surface area contributed by atoms with Crippen LogP contribution in [-0.2, 0) is 11.0 Å². The number of rotatable bonds is 0. The monoisotopic (exact) mass is 339 g/mol. The van der Waals surface area contributed by atoms with Crippen molar-refractivity contribution in [2.75, 3.05) is 11.4 Å². The van der Waals surface area contributed by atoms with Gasteiger partial charge in [0.15, 0.2) is 11.0 Å². The Morgan fingerprint density at radius 1 is 1.18 bits per heavy atom. The van der Waals surface area contributed by atoms with Gasteiger partial charge >= 0.3 is 0 Å². The highest BCUT2D eigenvalue weighted by molar-refractivity contribution is 7.86. The molecule has 118 valence electrons. The molecule has 0 saturated carbocycles. The first kappa shape index (κ1) is 17.0. The fraction of sp³-hybridized carbons (Fsp3) is 0.294. The molecule has 0 fully saturated rings. The quantitative estimate of drug-likeness (QED) is 0.621. The first-order valence-corrected chi connectivity index (χ1v) is 8.73. The Labute approximate surface area is 138 Å². The van der Waals surface area contributed by atoms with Crippen molar-refractivity contribution in [1.29, 1.82) is 0 Å². The van der Waals surface area contributed by atoms with Crippen LogP contribution in [0.3, 0.4) is 0 Å². The van der Waals surface area contributed by atoms with Gasteiger partial charge in [0.1, 0.15) is 5.82 Å². The first-order chi connectivity index (χ1) is 10.5. The molecule has 2 aromatic carbocycles. The molecule has 0 aliphatic carbocycles. The molecule has 0 spiro atoms. The van der Waals surface area contributed by atoms with Crippen molar-refractivity contribution >= 4 is 28.3 Å². The van der Waals surface area contributed by atoms with Crippen molar-refractivity contribution in [2.24, 2.45) is 0 Å². The van der Waals surface area contributed by atoms with Crippen molar-refractivity contribution in [2.45, 2.75) is 31.0 Å². The number of halogens is 2. The van der Waals surface area contributed by atoms with Crippen LogP contribution < -0.4 is 4.31 Å². The second-order valence-electron chi connectivity index (χ2n) is 4.81. The standard InChI is InChI=1S/C15H13ClFNOS.C2H6/c1-9-7-14-11(8-12(9)17)15(16)10-5-3-4-6-13(10)18(2)20(14)19;1-2/h3-8,15H,1-2H3;1-2H3. The molecule has 2 atom stereocenters. The maximum absolute atomic E-state index is 13.8. The number of nitrogens with zero attached hydrogens (tertiary/aromatic N) is 1. The average molecular weight is 340 g/mol. The van der Waals surface area contributed by atoms with E-state index >= 15 is 0 Å². The molecule has 5 heteroatoms. The van der Waals surface area contributed by atoms with Crippen molar-refractivity contribution in [3.8, 4) is 0 Å². The van der Waals surface area contributed by atoms with Crippen LogP contribution in [0.4, 0.5) is 10.1 Å². The van der Waals surface area contributed by atoms with Crippen LogP contribution >= 0.6 is 11.6 Å². The molecule has 2 aromatic rings. The number of anilines is 1. The number of para-hydroxylation sites is 1. The van der Waals surface area contributed by atoms with E-state index in [1.807, 2.05) is 38.1 Å². The number of alkyl halides is 1. The zero-order valence-corrected chi connectivity index (χ0v) is 14.6. The van der Waals surface area contributed by atoms with Crippen molar-refractivity contribution in [1.82, 2.24) is 0 Å². The fourth-order valence-electron chi connectivity index (χ4n) is 2.41. The number of fused-ring (bicyclic) bond motifs is 2. The third-order valence-electron chi connectivity index (χ3n) is 3.55. The summed E-state index contributed by atoms with van der Waals surface area (Å²) in [4.78, 5) is 0.572. The van der Waals surface area contributed by atoms with E-state index in [0.717, 1.165) is 11.3 Å². The van der Waals surface area contributed by atoms with Crippen molar-refractivity contribution in [3.05, 3.63) is 58.9 Å². The van der Waals surface area contributed by atoms with E-state index in [2.05, 4.69) is 0 Å². The lowest BCUT2D eigenvalue weighted by molar-refractivity contribution is 0.613. The van der Waals surface area contributed by atoms with E-state index in [4.69, 9.17) is 11.6 Å². The molecule has 2 nitrogen and oxygen atoms in total. The number of hydrogen-bond donors (Lipinski definition) is 0. The van der Waals surface area contributed by atoms with Gasteiger partial charge in [0.05, 0.1) is 16.0 Å². The van der Waals surface area contributed by atoms with Gasteiger partial charge in [0.25, 0.3) is 0 Å². The van der Waals surface area contributed by atoms with E-state index < -0.39 is 16.4 Å². The number of aryl methyl sites for hydroxylation is 1. The Balaban J connectivity index is 0.000000847. The maximum atomic E-state index is 13.8. The molecule has 1 heterocycles. The zero-order valence-electron chi connectivity index (χ0n) is 13.1. The van der Waals surface area contributed by atoms with Gasteiger partial charge in [0.2, 0.25) is 0 Å². The van der Waals surface area contributed by atoms with Gasteiger partial charge in [0, 0.05) is 7.05 Å². The molecule has 0 bridgehead atoms. The molecule has 3 rings (SSSR count). The zero-order chi connectivity index (χ0) is 16.4. The van der Waals surface area contributed by atoms with E-state index in [1.165, 1.54) is 6.07 Å². The molecule has 0 N–H and O–H groups in total. The van der Waals surface area contributed by atoms with Crippen LogP contribution in [0.1, 0.15) is 35.9 Å². The summed E-state index contributed by atoms with van der Waals surface area (Å²) in [5.41, 5.74) is 2.69. The van der Waals surface area contributed by atoms with Crippen LogP contribution in [0.25, 0.3) is 0 Å². The molecule has 1 aliphatic rings. The molecule has 0 saturated heterocycles. The van der Waals surface area contributed by atoms with E-state index in [1.54, 1.807) is 24.3 Å². The summed E-state index contributed by atoms with van der Waals surface area (Å²) in [5, 5.41) is -0.509. The number of hydrogen-bond acceptors (Lipinski definition) is 1. The van der Waals surface area contributed by atoms with Crippen LogP contribution in [0.5, 0.6) is 0 Å². The summed E-state index contributed by atoms with van der Waals surface area (Å²) in [7, 11) is 0.361. The molecular weight excluding hydrogens is 321 g/mol. The summed E-state index contributed by atoms with van der Waals surface area (Å²) in [6.07, 6.45) is 0. The third-order valence-corrected chi connectivity index (χ3v) is 5.44. The van der Waals surface area contributed by atoms with E-state index in [-0.39, 0.29) is 5.82 Å². The van der Waals surface area contributed by atoms with E-state index in [9.17, 15) is 8.60 Å². The van der Waals surface area contributed by atoms with E-state index in [0.29, 0.717) is 16.0 Å². The summed E-state index contributed by atoms with van der Waals surface area (Å²) in [6, 6.07) is 10.5. The van der Waals surface area contributed by atoms with Gasteiger partial charge in [-0.25, -0.2) is 8.60 Å². The molecular formula is C17H19ClFNOS. The summed E-state index contributed by atoms with van der Waals surface area (Å²) < 4.78 is 28.2. The van der Waals surface area contributed by atoms with Crippen LogP contribution in [-0.4, -0.2) is 11.3 Å². The Kier molecular flexibility index (Phi) is 5.24. The third kappa shape index (κ3) is 2.77. The topological polar surface area (TPSA) is 20.3 Å². The van der Waals surface area contributed by atoms with Gasteiger partial charge in [-0.2, -0.15) is 0 Å². The molecule has 0 radical (unpaired) electrons. The SMILES string of the molecule is CC.Cc1cc2c(cc1F)C(Cl)c1ccccc1N(C)S2=O. The van der Waals surface area contributed by atoms with Crippen molar-refractivity contribution < 1.29 is 8.60 Å². The van der Waals surface area contributed by atoms with Gasteiger partial charge in [-0.3, -0.25) is 4.31 Å². The second kappa shape index (κ2) is 6.80. The average Bonchev–Trinajstić information content (AvgIpc) is 2.62. The summed E-state index contributed by atoms with van der Waals surface area (Å²) in [5.74, 6) is -0.326. The van der Waals surface area contributed by atoms with Crippen LogP contribution in [0, 0.1) is 12.7 Å².